The summed E-state index contributed by atoms with van der Waals surface area (Å²) in [6, 6.07) is 25.6. The predicted octanol–water partition coefficient (Wildman–Crippen LogP) is 3.74. The Balaban J connectivity index is 1.57. The summed E-state index contributed by atoms with van der Waals surface area (Å²) in [5, 5.41) is 6.16. The van der Waals surface area contributed by atoms with Gasteiger partial charge in [0.15, 0.2) is 6.61 Å². The normalized spacial score (nSPS) is 11.3. The largest absolute Gasteiger partial charge is 0.484 e. The molecule has 6 heteroatoms. The highest BCUT2D eigenvalue weighted by Crippen LogP contribution is 2.23. The van der Waals surface area contributed by atoms with Crippen LogP contribution < -0.4 is 15.4 Å². The lowest BCUT2D eigenvalue weighted by Gasteiger charge is -2.20. The number of carbonyl (C=O) groups excluding carboxylic acids is 2. The molecule has 0 bridgehead atoms. The molecule has 3 aromatic carbocycles. The number of benzene rings is 3. The number of ether oxygens (including phenoxy) is 1. The van der Waals surface area contributed by atoms with Crippen LogP contribution in [0, 0.1) is 0 Å². The van der Waals surface area contributed by atoms with Crippen molar-refractivity contribution >= 4 is 23.4 Å². The van der Waals surface area contributed by atoms with E-state index in [1.165, 1.54) is 0 Å². The predicted molar refractivity (Wildman–Crippen MR) is 113 cm³/mol. The first-order chi connectivity index (χ1) is 14.1. The molecule has 5 nitrogen and oxygen atoms in total. The van der Waals surface area contributed by atoms with Gasteiger partial charge in [-0.3, -0.25) is 9.59 Å². The maximum Gasteiger partial charge on any atom is 0.258 e. The number of carbonyl (C=O) groups is 2. The van der Waals surface area contributed by atoms with Crippen molar-refractivity contribution in [1.29, 1.82) is 0 Å². The highest BCUT2D eigenvalue weighted by atomic mass is 35.5. The maximum absolute atomic E-state index is 12.5. The summed E-state index contributed by atoms with van der Waals surface area (Å²) in [6.45, 7) is -0.301. The Kier molecular flexibility index (Phi) is 7.25. The molecule has 0 heterocycles. The third-order valence-corrected chi connectivity index (χ3v) is 4.45. The standard InChI is InChI=1S/C23H21ClN2O3/c24-19-13-11-18(12-14-19)23(17-7-3-1-4-8-17)26-21(27)15-25-22(28)16-29-20-9-5-2-6-10-20/h1-14,23H,15-16H2,(H,25,28)(H,26,27). The summed E-state index contributed by atoms with van der Waals surface area (Å²) in [7, 11) is 0. The number of amides is 2. The molecule has 0 aliphatic carbocycles. The van der Waals surface area contributed by atoms with E-state index in [0.717, 1.165) is 11.1 Å². The summed E-state index contributed by atoms with van der Waals surface area (Å²) < 4.78 is 5.37. The zero-order valence-corrected chi connectivity index (χ0v) is 16.4. The van der Waals surface area contributed by atoms with Crippen molar-refractivity contribution in [2.24, 2.45) is 0 Å². The monoisotopic (exact) mass is 408 g/mol. The molecule has 0 radical (unpaired) electrons. The lowest BCUT2D eigenvalue weighted by atomic mass is 9.99. The molecule has 0 saturated heterocycles. The Morgan fingerprint density at radius 1 is 0.793 bits per heavy atom. The summed E-state index contributed by atoms with van der Waals surface area (Å²) >= 11 is 5.98. The minimum absolute atomic E-state index is 0.145. The van der Waals surface area contributed by atoms with Crippen molar-refractivity contribution in [3.63, 3.8) is 0 Å². The van der Waals surface area contributed by atoms with Crippen LogP contribution in [0.3, 0.4) is 0 Å². The average Bonchev–Trinajstić information content (AvgIpc) is 2.76. The van der Waals surface area contributed by atoms with Gasteiger partial charge in [0, 0.05) is 5.02 Å². The second-order valence-corrected chi connectivity index (χ2v) is 6.78. The van der Waals surface area contributed by atoms with Gasteiger partial charge in [-0.25, -0.2) is 0 Å². The fraction of sp³-hybridized carbons (Fsp3) is 0.130. The molecule has 2 amide bonds. The van der Waals surface area contributed by atoms with E-state index in [0.29, 0.717) is 10.8 Å². The van der Waals surface area contributed by atoms with Crippen molar-refractivity contribution in [2.75, 3.05) is 13.2 Å². The minimum atomic E-state index is -0.369. The van der Waals surface area contributed by atoms with Gasteiger partial charge < -0.3 is 15.4 Å². The molecule has 2 N–H and O–H groups in total. The second kappa shape index (κ2) is 10.3. The first-order valence-electron chi connectivity index (χ1n) is 9.16. The van der Waals surface area contributed by atoms with Gasteiger partial charge in [0.25, 0.3) is 5.91 Å². The summed E-state index contributed by atoms with van der Waals surface area (Å²) in [5.74, 6) is -0.0763. The van der Waals surface area contributed by atoms with Crippen molar-refractivity contribution in [1.82, 2.24) is 10.6 Å². The molecule has 0 saturated carbocycles. The van der Waals surface area contributed by atoms with E-state index in [2.05, 4.69) is 10.6 Å². The Labute approximate surface area is 174 Å². The Morgan fingerprint density at radius 2 is 1.38 bits per heavy atom. The van der Waals surface area contributed by atoms with Crippen LogP contribution in [-0.4, -0.2) is 25.0 Å². The molecular weight excluding hydrogens is 388 g/mol. The molecule has 3 rings (SSSR count). The highest BCUT2D eigenvalue weighted by Gasteiger charge is 2.17. The van der Waals surface area contributed by atoms with E-state index in [-0.39, 0.29) is 31.0 Å². The van der Waals surface area contributed by atoms with E-state index in [1.54, 1.807) is 24.3 Å². The topological polar surface area (TPSA) is 67.4 Å². The van der Waals surface area contributed by atoms with Crippen LogP contribution in [0.15, 0.2) is 84.9 Å². The van der Waals surface area contributed by atoms with Crippen LogP contribution in [0.1, 0.15) is 17.2 Å². The third kappa shape index (κ3) is 6.36. The molecule has 148 valence electrons. The summed E-state index contributed by atoms with van der Waals surface area (Å²) in [6.07, 6.45) is 0. The average molecular weight is 409 g/mol. The second-order valence-electron chi connectivity index (χ2n) is 6.34. The van der Waals surface area contributed by atoms with Gasteiger partial charge in [0.2, 0.25) is 5.91 Å². The zero-order valence-electron chi connectivity index (χ0n) is 15.7. The van der Waals surface area contributed by atoms with Crippen LogP contribution in [0.4, 0.5) is 0 Å². The van der Waals surface area contributed by atoms with Gasteiger partial charge >= 0.3 is 0 Å². The number of hydrogen-bond donors (Lipinski definition) is 2. The van der Waals surface area contributed by atoms with Gasteiger partial charge in [0.1, 0.15) is 5.75 Å². The molecule has 3 aromatic rings. The molecule has 0 spiro atoms. The molecule has 1 unspecified atom stereocenters. The Bertz CT molecular complexity index is 931. The summed E-state index contributed by atoms with van der Waals surface area (Å²) in [5.41, 5.74) is 1.83. The smallest absolute Gasteiger partial charge is 0.258 e. The molecule has 1 atom stereocenters. The molecular formula is C23H21ClN2O3. The molecule has 0 aromatic heterocycles. The van der Waals surface area contributed by atoms with Crippen molar-refractivity contribution < 1.29 is 14.3 Å². The van der Waals surface area contributed by atoms with E-state index < -0.39 is 0 Å². The quantitative estimate of drug-likeness (QED) is 0.596. The Hall–Kier alpha value is -3.31. The van der Waals surface area contributed by atoms with Gasteiger partial charge in [-0.15, -0.1) is 0 Å². The maximum atomic E-state index is 12.5. The third-order valence-electron chi connectivity index (χ3n) is 4.20. The van der Waals surface area contributed by atoms with Crippen LogP contribution in [0.25, 0.3) is 0 Å². The lowest BCUT2D eigenvalue weighted by molar-refractivity contribution is -0.127. The van der Waals surface area contributed by atoms with Crippen molar-refractivity contribution in [3.8, 4) is 5.75 Å². The fourth-order valence-corrected chi connectivity index (χ4v) is 2.89. The SMILES string of the molecule is O=C(COc1ccccc1)NCC(=O)NC(c1ccccc1)c1ccc(Cl)cc1. The fourth-order valence-electron chi connectivity index (χ4n) is 2.77. The van der Waals surface area contributed by atoms with Gasteiger partial charge in [-0.05, 0) is 35.4 Å². The van der Waals surface area contributed by atoms with Crippen LogP contribution in [0.2, 0.25) is 5.02 Å². The summed E-state index contributed by atoms with van der Waals surface area (Å²) in [4.78, 5) is 24.4. The van der Waals surface area contributed by atoms with Gasteiger partial charge in [0.05, 0.1) is 12.6 Å². The highest BCUT2D eigenvalue weighted by molar-refractivity contribution is 6.30. The first kappa shape index (κ1) is 20.4. The van der Waals surface area contributed by atoms with Gasteiger partial charge in [-0.1, -0.05) is 72.3 Å². The van der Waals surface area contributed by atoms with E-state index in [4.69, 9.17) is 16.3 Å². The molecule has 0 aliphatic rings. The van der Waals surface area contributed by atoms with E-state index in [9.17, 15) is 9.59 Å². The van der Waals surface area contributed by atoms with Gasteiger partial charge in [-0.2, -0.15) is 0 Å². The molecule has 0 aliphatic heterocycles. The van der Waals surface area contributed by atoms with E-state index in [1.807, 2.05) is 60.7 Å². The molecule has 29 heavy (non-hydrogen) atoms. The zero-order chi connectivity index (χ0) is 20.5. The Morgan fingerprint density at radius 3 is 2.03 bits per heavy atom. The number of para-hydroxylation sites is 1. The molecule has 0 fully saturated rings. The lowest BCUT2D eigenvalue weighted by Crippen LogP contribution is -2.40. The van der Waals surface area contributed by atoms with Crippen LogP contribution in [-0.2, 0) is 9.59 Å². The van der Waals surface area contributed by atoms with Crippen LogP contribution in [0.5, 0.6) is 5.75 Å². The minimum Gasteiger partial charge on any atom is -0.484 e. The van der Waals surface area contributed by atoms with E-state index >= 15 is 0 Å². The van der Waals surface area contributed by atoms with Crippen molar-refractivity contribution in [2.45, 2.75) is 6.04 Å². The number of nitrogens with one attached hydrogen (secondary N) is 2. The number of hydrogen-bond acceptors (Lipinski definition) is 3. The first-order valence-corrected chi connectivity index (χ1v) is 9.54. The van der Waals surface area contributed by atoms with Crippen LogP contribution >= 0.6 is 11.6 Å². The van der Waals surface area contributed by atoms with Crippen molar-refractivity contribution in [3.05, 3.63) is 101 Å². The number of halogens is 1. The number of rotatable bonds is 8.